The molecule has 1 amide bonds. The van der Waals surface area contributed by atoms with Crippen molar-refractivity contribution < 1.29 is 14.7 Å². The molecule has 2 unspecified atom stereocenters. The van der Waals surface area contributed by atoms with Gasteiger partial charge in [0.05, 0.1) is 6.54 Å². The minimum atomic E-state index is -1.01. The Morgan fingerprint density at radius 2 is 2.00 bits per heavy atom. The van der Waals surface area contributed by atoms with Crippen LogP contribution in [0.3, 0.4) is 0 Å². The average Bonchev–Trinajstić information content (AvgIpc) is 2.62. The fraction of sp³-hybridized carbons (Fsp3) is 0.632. The largest absolute Gasteiger partial charge is 0.477 e. The van der Waals surface area contributed by atoms with Crippen LogP contribution < -0.4 is 10.2 Å². The molecular weight excluding hydrogens is 332 g/mol. The molecule has 1 aliphatic carbocycles. The van der Waals surface area contributed by atoms with E-state index in [1.54, 1.807) is 6.07 Å². The molecule has 2 N–H and O–H groups in total. The quantitative estimate of drug-likeness (QED) is 0.829. The number of carboxylic acid groups (broad SMARTS) is 1. The van der Waals surface area contributed by atoms with Gasteiger partial charge >= 0.3 is 5.97 Å². The van der Waals surface area contributed by atoms with Crippen LogP contribution >= 0.6 is 0 Å². The lowest BCUT2D eigenvalue weighted by atomic mass is 9.87. The number of anilines is 1. The van der Waals surface area contributed by atoms with Crippen molar-refractivity contribution >= 4 is 17.7 Å². The molecule has 7 nitrogen and oxygen atoms in total. The average molecular weight is 360 g/mol. The van der Waals surface area contributed by atoms with E-state index in [0.717, 1.165) is 39.0 Å². The summed E-state index contributed by atoms with van der Waals surface area (Å²) in [7, 11) is 0. The van der Waals surface area contributed by atoms with Crippen LogP contribution in [0.1, 0.15) is 43.1 Å². The number of amides is 1. The monoisotopic (exact) mass is 360 g/mol. The molecule has 2 heterocycles. The third-order valence-corrected chi connectivity index (χ3v) is 5.32. The van der Waals surface area contributed by atoms with Crippen LogP contribution in [0, 0.1) is 5.92 Å². The minimum absolute atomic E-state index is 0.0611. The van der Waals surface area contributed by atoms with Gasteiger partial charge in [0.15, 0.2) is 5.69 Å². The Morgan fingerprint density at radius 1 is 1.23 bits per heavy atom. The van der Waals surface area contributed by atoms with Crippen LogP contribution in [-0.4, -0.2) is 65.6 Å². The van der Waals surface area contributed by atoms with Crippen LogP contribution in [0.5, 0.6) is 0 Å². The topological polar surface area (TPSA) is 85.8 Å². The summed E-state index contributed by atoms with van der Waals surface area (Å²) in [5, 5.41) is 12.3. The molecule has 2 fully saturated rings. The second-order valence-corrected chi connectivity index (χ2v) is 7.49. The van der Waals surface area contributed by atoms with Crippen molar-refractivity contribution in [1.29, 1.82) is 0 Å². The second kappa shape index (κ2) is 8.49. The van der Waals surface area contributed by atoms with E-state index in [2.05, 4.69) is 27.0 Å². The number of carboxylic acids is 1. The summed E-state index contributed by atoms with van der Waals surface area (Å²) < 4.78 is 0. The summed E-state index contributed by atoms with van der Waals surface area (Å²) in [6.45, 7) is 5.71. The molecule has 7 heteroatoms. The van der Waals surface area contributed by atoms with E-state index >= 15 is 0 Å². The van der Waals surface area contributed by atoms with Crippen molar-refractivity contribution in [3.63, 3.8) is 0 Å². The molecule has 1 aliphatic heterocycles. The van der Waals surface area contributed by atoms with Gasteiger partial charge in [0.2, 0.25) is 5.91 Å². The summed E-state index contributed by atoms with van der Waals surface area (Å²) in [6, 6.07) is 5.38. The molecule has 2 aliphatic rings. The van der Waals surface area contributed by atoms with E-state index in [-0.39, 0.29) is 11.6 Å². The molecule has 0 spiro atoms. The predicted octanol–water partition coefficient (Wildman–Crippen LogP) is 1.60. The van der Waals surface area contributed by atoms with Crippen molar-refractivity contribution in [2.24, 2.45) is 5.92 Å². The number of hydrogen-bond donors (Lipinski definition) is 2. The number of aromatic carboxylic acids is 1. The third kappa shape index (κ3) is 4.94. The maximum absolute atomic E-state index is 12.3. The number of carbonyl (C=O) groups is 2. The molecule has 1 saturated carbocycles. The van der Waals surface area contributed by atoms with Gasteiger partial charge < -0.3 is 15.3 Å². The summed E-state index contributed by atoms with van der Waals surface area (Å²) in [4.78, 5) is 31.8. The SMILES string of the molecule is CC1CCCC(NC(=O)CN2CCN(c3cccc(C(=O)O)n3)CC2)C1. The maximum Gasteiger partial charge on any atom is 0.354 e. The number of rotatable bonds is 5. The fourth-order valence-electron chi connectivity index (χ4n) is 3.90. The lowest BCUT2D eigenvalue weighted by Gasteiger charge is -2.35. The van der Waals surface area contributed by atoms with Crippen LogP contribution in [0.25, 0.3) is 0 Å². The summed E-state index contributed by atoms with van der Waals surface area (Å²) in [6.07, 6.45) is 4.65. The van der Waals surface area contributed by atoms with Crippen molar-refractivity contribution in [1.82, 2.24) is 15.2 Å². The Morgan fingerprint density at radius 3 is 2.69 bits per heavy atom. The first-order chi connectivity index (χ1) is 12.5. The Kier molecular flexibility index (Phi) is 6.08. The second-order valence-electron chi connectivity index (χ2n) is 7.49. The van der Waals surface area contributed by atoms with Gasteiger partial charge in [-0.3, -0.25) is 9.69 Å². The lowest BCUT2D eigenvalue weighted by molar-refractivity contribution is -0.123. The molecular formula is C19H28N4O3. The van der Waals surface area contributed by atoms with Crippen molar-refractivity contribution in [2.45, 2.75) is 38.6 Å². The van der Waals surface area contributed by atoms with Gasteiger partial charge in [-0.1, -0.05) is 25.8 Å². The lowest BCUT2D eigenvalue weighted by Crippen LogP contribution is -2.51. The number of nitrogens with zero attached hydrogens (tertiary/aromatic N) is 3. The highest BCUT2D eigenvalue weighted by molar-refractivity contribution is 5.85. The van der Waals surface area contributed by atoms with Gasteiger partial charge in [-0.05, 0) is 30.9 Å². The van der Waals surface area contributed by atoms with Gasteiger partial charge in [-0.2, -0.15) is 0 Å². The first kappa shape index (κ1) is 18.6. The van der Waals surface area contributed by atoms with Gasteiger partial charge in [0.1, 0.15) is 5.82 Å². The van der Waals surface area contributed by atoms with Crippen molar-refractivity contribution in [3.8, 4) is 0 Å². The number of nitrogens with one attached hydrogen (secondary N) is 1. The molecule has 26 heavy (non-hydrogen) atoms. The molecule has 2 atom stereocenters. The maximum atomic E-state index is 12.3. The number of pyridine rings is 1. The zero-order valence-electron chi connectivity index (χ0n) is 15.4. The Hall–Kier alpha value is -2.15. The highest BCUT2D eigenvalue weighted by Gasteiger charge is 2.23. The molecule has 0 aromatic carbocycles. The molecule has 0 radical (unpaired) electrons. The summed E-state index contributed by atoms with van der Waals surface area (Å²) in [5.41, 5.74) is 0.0611. The van der Waals surface area contributed by atoms with E-state index in [4.69, 9.17) is 5.11 Å². The van der Waals surface area contributed by atoms with Gasteiger partial charge in [0, 0.05) is 32.2 Å². The summed E-state index contributed by atoms with van der Waals surface area (Å²) in [5.74, 6) is 0.486. The van der Waals surface area contributed by atoms with E-state index in [9.17, 15) is 9.59 Å². The number of carbonyl (C=O) groups excluding carboxylic acids is 1. The first-order valence-electron chi connectivity index (χ1n) is 9.48. The van der Waals surface area contributed by atoms with Crippen LogP contribution in [0.15, 0.2) is 18.2 Å². The van der Waals surface area contributed by atoms with Crippen molar-refractivity contribution in [3.05, 3.63) is 23.9 Å². The minimum Gasteiger partial charge on any atom is -0.477 e. The smallest absolute Gasteiger partial charge is 0.354 e. The highest BCUT2D eigenvalue weighted by Crippen LogP contribution is 2.23. The van der Waals surface area contributed by atoms with E-state index in [1.807, 2.05) is 6.07 Å². The van der Waals surface area contributed by atoms with E-state index in [0.29, 0.717) is 24.3 Å². The van der Waals surface area contributed by atoms with E-state index in [1.165, 1.54) is 18.9 Å². The zero-order chi connectivity index (χ0) is 18.5. The fourth-order valence-corrected chi connectivity index (χ4v) is 3.90. The summed E-state index contributed by atoms with van der Waals surface area (Å²) >= 11 is 0. The highest BCUT2D eigenvalue weighted by atomic mass is 16.4. The molecule has 1 aromatic heterocycles. The predicted molar refractivity (Wildman–Crippen MR) is 99.4 cm³/mol. The van der Waals surface area contributed by atoms with Crippen LogP contribution in [0.2, 0.25) is 0 Å². The van der Waals surface area contributed by atoms with Crippen LogP contribution in [0.4, 0.5) is 5.82 Å². The molecule has 0 bridgehead atoms. The Balaban J connectivity index is 1.45. The molecule has 142 valence electrons. The van der Waals surface area contributed by atoms with Gasteiger partial charge in [-0.25, -0.2) is 9.78 Å². The molecule has 3 rings (SSSR count). The zero-order valence-corrected chi connectivity index (χ0v) is 15.4. The number of hydrogen-bond acceptors (Lipinski definition) is 5. The Bertz CT molecular complexity index is 643. The van der Waals surface area contributed by atoms with Gasteiger partial charge in [0.25, 0.3) is 0 Å². The third-order valence-electron chi connectivity index (χ3n) is 5.32. The Labute approximate surface area is 154 Å². The van der Waals surface area contributed by atoms with Crippen molar-refractivity contribution in [2.75, 3.05) is 37.6 Å². The van der Waals surface area contributed by atoms with E-state index < -0.39 is 5.97 Å². The number of aromatic nitrogens is 1. The first-order valence-corrected chi connectivity index (χ1v) is 9.48. The molecule has 1 aromatic rings. The van der Waals surface area contributed by atoms with Crippen LogP contribution in [-0.2, 0) is 4.79 Å². The normalized spacial score (nSPS) is 24.3. The van der Waals surface area contributed by atoms with Gasteiger partial charge in [-0.15, -0.1) is 0 Å². The number of piperazine rings is 1. The standard InChI is InChI=1S/C19H28N4O3/c1-14-4-2-5-15(12-14)20-18(24)13-22-8-10-23(11-9-22)17-7-3-6-16(21-17)19(25)26/h3,6-7,14-15H,2,4-5,8-13H2,1H3,(H,20,24)(H,25,26). The molecule has 1 saturated heterocycles.